The Balaban J connectivity index is 1.47. The number of likely N-dealkylation sites (tertiary alicyclic amines) is 1. The van der Waals surface area contributed by atoms with Crippen LogP contribution in [0.4, 0.5) is 0 Å². The van der Waals surface area contributed by atoms with Crippen LogP contribution in [0.1, 0.15) is 34.6 Å². The van der Waals surface area contributed by atoms with E-state index >= 15 is 0 Å². The van der Waals surface area contributed by atoms with Crippen molar-refractivity contribution in [2.75, 3.05) is 6.61 Å². The molecule has 2 fully saturated rings. The van der Waals surface area contributed by atoms with Gasteiger partial charge >= 0.3 is 0 Å². The van der Waals surface area contributed by atoms with Gasteiger partial charge in [0.05, 0.1) is 31.1 Å². The molecule has 3 aromatic rings. The Morgan fingerprint density at radius 2 is 1.97 bits per heavy atom. The Morgan fingerprint density at radius 3 is 2.68 bits per heavy atom. The van der Waals surface area contributed by atoms with Crippen LogP contribution in [0.25, 0.3) is 5.69 Å². The number of pyridine rings is 2. The van der Waals surface area contributed by atoms with Crippen LogP contribution in [0.2, 0.25) is 0 Å². The third-order valence-corrected chi connectivity index (χ3v) is 6.20. The fraction of sp³-hybridized carbons (Fsp3) is 0.409. The summed E-state index contributed by atoms with van der Waals surface area (Å²) < 4.78 is 6.16. The van der Waals surface area contributed by atoms with E-state index in [4.69, 9.17) is 4.74 Å². The molecule has 9 nitrogen and oxygen atoms in total. The highest BCUT2D eigenvalue weighted by Crippen LogP contribution is 2.44. The third kappa shape index (κ3) is 3.44. The predicted octanol–water partition coefficient (Wildman–Crippen LogP) is 1.72. The zero-order valence-electron chi connectivity index (χ0n) is 17.4. The molecule has 1 aliphatic carbocycles. The van der Waals surface area contributed by atoms with Crippen LogP contribution in [-0.4, -0.2) is 65.7 Å². The van der Waals surface area contributed by atoms with Crippen molar-refractivity contribution in [2.24, 2.45) is 5.92 Å². The van der Waals surface area contributed by atoms with Gasteiger partial charge < -0.3 is 14.7 Å². The van der Waals surface area contributed by atoms with Crippen molar-refractivity contribution in [1.29, 1.82) is 0 Å². The van der Waals surface area contributed by atoms with Gasteiger partial charge in [0.1, 0.15) is 11.8 Å². The first-order valence-electron chi connectivity index (χ1n) is 10.4. The maximum atomic E-state index is 13.7. The molecule has 1 aliphatic heterocycles. The zero-order chi connectivity index (χ0) is 21.5. The average molecular weight is 420 g/mol. The maximum absolute atomic E-state index is 13.7. The largest absolute Gasteiger partial charge is 0.472 e. The van der Waals surface area contributed by atoms with Crippen molar-refractivity contribution in [3.63, 3.8) is 0 Å². The number of fused-ring (bicyclic) bond motifs is 2. The number of amides is 1. The predicted molar refractivity (Wildman–Crippen MR) is 111 cm³/mol. The van der Waals surface area contributed by atoms with Crippen molar-refractivity contribution >= 4 is 5.91 Å². The SMILES string of the molecule is Cc1ccc(OC2CC3CC2N(C(=O)c2nc(C)ccc2-n2nccn2)C3CO)nc1. The lowest BCUT2D eigenvalue weighted by molar-refractivity contribution is 0.0143. The number of aromatic nitrogens is 5. The van der Waals surface area contributed by atoms with Crippen LogP contribution in [0.5, 0.6) is 5.88 Å². The number of piperidine rings is 1. The number of carbonyl (C=O) groups excluding carboxylic acids is 1. The molecule has 5 rings (SSSR count). The molecule has 1 N–H and O–H groups in total. The molecule has 0 aromatic carbocycles. The van der Waals surface area contributed by atoms with E-state index < -0.39 is 0 Å². The minimum absolute atomic E-state index is 0.0937. The highest BCUT2D eigenvalue weighted by atomic mass is 16.5. The van der Waals surface area contributed by atoms with Gasteiger partial charge in [-0.25, -0.2) is 9.97 Å². The summed E-state index contributed by atoms with van der Waals surface area (Å²) in [5.41, 5.74) is 2.57. The maximum Gasteiger partial charge on any atom is 0.275 e. The first-order chi connectivity index (χ1) is 15.0. The molecule has 0 spiro atoms. The van der Waals surface area contributed by atoms with Crippen molar-refractivity contribution in [3.8, 4) is 11.6 Å². The van der Waals surface area contributed by atoms with E-state index in [-0.39, 0.29) is 42.3 Å². The van der Waals surface area contributed by atoms with Gasteiger partial charge in [-0.05, 0) is 50.3 Å². The molecule has 9 heteroatoms. The zero-order valence-corrected chi connectivity index (χ0v) is 17.4. The summed E-state index contributed by atoms with van der Waals surface area (Å²) in [6, 6.07) is 7.00. The van der Waals surface area contributed by atoms with Crippen molar-refractivity contribution in [2.45, 2.75) is 44.9 Å². The molecule has 160 valence electrons. The van der Waals surface area contributed by atoms with Gasteiger partial charge in [0.25, 0.3) is 5.91 Å². The molecule has 1 saturated heterocycles. The fourth-order valence-electron chi connectivity index (χ4n) is 4.77. The summed E-state index contributed by atoms with van der Waals surface area (Å²) in [5.74, 6) is 0.476. The number of rotatable bonds is 5. The minimum atomic E-state index is -0.260. The Hall–Kier alpha value is -3.33. The Labute approximate surface area is 179 Å². The second kappa shape index (κ2) is 7.73. The molecule has 4 heterocycles. The van der Waals surface area contributed by atoms with Gasteiger partial charge in [-0.1, -0.05) is 6.07 Å². The molecular formula is C22H24N6O3. The van der Waals surface area contributed by atoms with E-state index in [2.05, 4.69) is 20.2 Å². The normalized spacial score (nSPS) is 24.5. The van der Waals surface area contributed by atoms with Crippen LogP contribution < -0.4 is 4.74 Å². The standard InChI is InChI=1S/C22H24N6O3/c1-13-3-6-20(23-11-13)31-19-10-15-9-17(19)27(18(15)12-29)22(30)21-16(5-4-14(2)26-21)28-24-7-8-25-28/h3-8,11,15,17-19,29H,9-10,12H2,1-2H3. The van der Waals surface area contributed by atoms with Crippen LogP contribution in [-0.2, 0) is 0 Å². The first kappa shape index (κ1) is 19.6. The summed E-state index contributed by atoms with van der Waals surface area (Å²) in [6.07, 6.45) is 6.27. The summed E-state index contributed by atoms with van der Waals surface area (Å²) in [4.78, 5) is 25.7. The van der Waals surface area contributed by atoms with Gasteiger partial charge in [0, 0.05) is 18.0 Å². The molecule has 2 bridgehead atoms. The van der Waals surface area contributed by atoms with E-state index in [1.165, 1.54) is 4.80 Å². The number of hydrogen-bond acceptors (Lipinski definition) is 7. The van der Waals surface area contributed by atoms with Crippen molar-refractivity contribution < 1.29 is 14.6 Å². The molecule has 31 heavy (non-hydrogen) atoms. The number of nitrogens with zero attached hydrogens (tertiary/aromatic N) is 6. The molecule has 4 atom stereocenters. The number of aliphatic hydroxyl groups excluding tert-OH is 1. The minimum Gasteiger partial charge on any atom is -0.472 e. The van der Waals surface area contributed by atoms with E-state index in [1.807, 2.05) is 32.0 Å². The van der Waals surface area contributed by atoms with Crippen LogP contribution >= 0.6 is 0 Å². The lowest BCUT2D eigenvalue weighted by atomic mass is 9.97. The Bertz CT molecular complexity index is 1090. The quantitative estimate of drug-likeness (QED) is 0.670. The fourth-order valence-corrected chi connectivity index (χ4v) is 4.77. The molecule has 4 unspecified atom stereocenters. The highest BCUT2D eigenvalue weighted by molar-refractivity contribution is 5.96. The van der Waals surface area contributed by atoms with E-state index in [1.54, 1.807) is 29.6 Å². The highest BCUT2D eigenvalue weighted by Gasteiger charge is 2.54. The van der Waals surface area contributed by atoms with E-state index in [0.29, 0.717) is 11.6 Å². The molecule has 0 radical (unpaired) electrons. The van der Waals surface area contributed by atoms with Crippen LogP contribution in [0.3, 0.4) is 0 Å². The number of ether oxygens (including phenoxy) is 1. The van der Waals surface area contributed by atoms with Crippen LogP contribution in [0.15, 0.2) is 42.9 Å². The Kier molecular flexibility index (Phi) is 4.90. The molecule has 1 saturated carbocycles. The summed E-state index contributed by atoms with van der Waals surface area (Å²) in [5, 5.41) is 18.4. The molecule has 3 aromatic heterocycles. The molecule has 1 amide bonds. The lowest BCUT2D eigenvalue weighted by Crippen LogP contribution is -2.53. The second-order valence-corrected chi connectivity index (χ2v) is 8.23. The number of carbonyl (C=O) groups is 1. The molecule has 2 aliphatic rings. The topological polar surface area (TPSA) is 106 Å². The van der Waals surface area contributed by atoms with Gasteiger partial charge in [0.15, 0.2) is 5.69 Å². The van der Waals surface area contributed by atoms with Gasteiger partial charge in [-0.3, -0.25) is 4.79 Å². The third-order valence-electron chi connectivity index (χ3n) is 6.20. The van der Waals surface area contributed by atoms with E-state index in [0.717, 1.165) is 24.1 Å². The summed E-state index contributed by atoms with van der Waals surface area (Å²) in [7, 11) is 0. The van der Waals surface area contributed by atoms with Crippen molar-refractivity contribution in [3.05, 3.63) is 59.8 Å². The van der Waals surface area contributed by atoms with Gasteiger partial charge in [-0.2, -0.15) is 10.2 Å². The first-order valence-corrected chi connectivity index (χ1v) is 10.4. The smallest absolute Gasteiger partial charge is 0.275 e. The summed E-state index contributed by atoms with van der Waals surface area (Å²) >= 11 is 0. The van der Waals surface area contributed by atoms with Gasteiger partial charge in [0.2, 0.25) is 5.88 Å². The number of hydrogen-bond donors (Lipinski definition) is 1. The monoisotopic (exact) mass is 420 g/mol. The number of aryl methyl sites for hydroxylation is 2. The average Bonchev–Trinajstić information content (AvgIpc) is 3.51. The number of aliphatic hydroxyl groups is 1. The van der Waals surface area contributed by atoms with Gasteiger partial charge in [-0.15, -0.1) is 4.80 Å². The molecular weight excluding hydrogens is 396 g/mol. The lowest BCUT2D eigenvalue weighted by Gasteiger charge is -2.38. The van der Waals surface area contributed by atoms with Crippen molar-refractivity contribution in [1.82, 2.24) is 29.9 Å². The Morgan fingerprint density at radius 1 is 1.16 bits per heavy atom. The summed E-state index contributed by atoms with van der Waals surface area (Å²) in [6.45, 7) is 3.72. The van der Waals surface area contributed by atoms with Crippen LogP contribution in [0, 0.1) is 19.8 Å². The van der Waals surface area contributed by atoms with E-state index in [9.17, 15) is 9.90 Å². The second-order valence-electron chi connectivity index (χ2n) is 8.23.